The van der Waals surface area contributed by atoms with E-state index in [1.54, 1.807) is 29.5 Å². The van der Waals surface area contributed by atoms with Crippen molar-refractivity contribution < 1.29 is 9.59 Å². The third-order valence-corrected chi connectivity index (χ3v) is 4.98. The lowest BCUT2D eigenvalue weighted by atomic mass is 9.97. The van der Waals surface area contributed by atoms with Gasteiger partial charge in [0.15, 0.2) is 5.82 Å². The first-order valence-electron chi connectivity index (χ1n) is 9.19. The fourth-order valence-electron chi connectivity index (χ4n) is 3.68. The zero-order valence-electron chi connectivity index (χ0n) is 16.1. The first-order valence-corrected chi connectivity index (χ1v) is 9.19. The third kappa shape index (κ3) is 3.06. The van der Waals surface area contributed by atoms with Gasteiger partial charge < -0.3 is 10.6 Å². The van der Waals surface area contributed by atoms with Crippen molar-refractivity contribution in [3.63, 3.8) is 0 Å². The molecule has 1 aliphatic heterocycles. The van der Waals surface area contributed by atoms with Gasteiger partial charge in [-0.3, -0.25) is 9.59 Å². The lowest BCUT2D eigenvalue weighted by Gasteiger charge is -2.11. The molecule has 3 heterocycles. The summed E-state index contributed by atoms with van der Waals surface area (Å²) in [6.45, 7) is 4.13. The van der Waals surface area contributed by atoms with Gasteiger partial charge >= 0.3 is 0 Å². The predicted molar refractivity (Wildman–Crippen MR) is 105 cm³/mol. The Labute approximate surface area is 162 Å². The number of carbonyl (C=O) groups is 2. The van der Waals surface area contributed by atoms with E-state index in [9.17, 15) is 9.59 Å². The Morgan fingerprint density at radius 3 is 2.82 bits per heavy atom. The smallest absolute Gasteiger partial charge is 0.257 e. The van der Waals surface area contributed by atoms with Gasteiger partial charge in [-0.1, -0.05) is 18.2 Å². The number of aromatic nitrogens is 4. The molecule has 3 aromatic rings. The van der Waals surface area contributed by atoms with Crippen LogP contribution < -0.4 is 10.6 Å². The molecule has 28 heavy (non-hydrogen) atoms. The highest BCUT2D eigenvalue weighted by atomic mass is 16.2. The molecule has 0 saturated heterocycles. The van der Waals surface area contributed by atoms with Crippen LogP contribution in [0.3, 0.4) is 0 Å². The fourth-order valence-corrected chi connectivity index (χ4v) is 3.68. The van der Waals surface area contributed by atoms with Gasteiger partial charge in [-0.05, 0) is 37.5 Å². The summed E-state index contributed by atoms with van der Waals surface area (Å²) in [5.74, 6) is 0.118. The molecule has 4 rings (SSSR count). The maximum absolute atomic E-state index is 12.9. The van der Waals surface area contributed by atoms with Crippen molar-refractivity contribution in [2.75, 3.05) is 11.9 Å². The number of benzene rings is 1. The van der Waals surface area contributed by atoms with Crippen LogP contribution in [0.2, 0.25) is 0 Å². The molecule has 1 aromatic carbocycles. The second-order valence-electron chi connectivity index (χ2n) is 7.04. The lowest BCUT2D eigenvalue weighted by Crippen LogP contribution is -2.28. The topological polar surface area (TPSA) is 93.8 Å². The second kappa shape index (κ2) is 6.95. The summed E-state index contributed by atoms with van der Waals surface area (Å²) in [6.07, 6.45) is 4.12. The van der Waals surface area contributed by atoms with E-state index in [-0.39, 0.29) is 17.7 Å². The average Bonchev–Trinajstić information content (AvgIpc) is 3.30. The quantitative estimate of drug-likeness (QED) is 0.711. The van der Waals surface area contributed by atoms with Gasteiger partial charge in [-0.2, -0.15) is 10.2 Å². The Bertz CT molecular complexity index is 1060. The van der Waals surface area contributed by atoms with Gasteiger partial charge in [0.05, 0.1) is 17.8 Å². The first kappa shape index (κ1) is 18.0. The highest BCUT2D eigenvalue weighted by Gasteiger charge is 2.30. The minimum absolute atomic E-state index is 0.0271. The zero-order chi connectivity index (χ0) is 19.8. The van der Waals surface area contributed by atoms with Gasteiger partial charge in [0.25, 0.3) is 5.91 Å². The van der Waals surface area contributed by atoms with Gasteiger partial charge in [-0.15, -0.1) is 0 Å². The molecule has 2 aromatic heterocycles. The number of nitrogens with zero attached hydrogens (tertiary/aromatic N) is 4. The monoisotopic (exact) mass is 378 g/mol. The van der Waals surface area contributed by atoms with E-state index in [1.165, 1.54) is 0 Å². The molecular weight excluding hydrogens is 356 g/mol. The molecule has 1 atom stereocenters. The van der Waals surface area contributed by atoms with Gasteiger partial charge in [0.2, 0.25) is 5.91 Å². The van der Waals surface area contributed by atoms with Crippen molar-refractivity contribution in [1.82, 2.24) is 24.9 Å². The summed E-state index contributed by atoms with van der Waals surface area (Å²) in [5.41, 5.74) is 3.94. The number of hydrogen-bond acceptors (Lipinski definition) is 4. The van der Waals surface area contributed by atoms with Crippen LogP contribution in [0.5, 0.6) is 0 Å². The van der Waals surface area contributed by atoms with Crippen molar-refractivity contribution in [3.05, 3.63) is 59.0 Å². The Morgan fingerprint density at radius 2 is 2.07 bits per heavy atom. The molecule has 2 N–H and O–H groups in total. The summed E-state index contributed by atoms with van der Waals surface area (Å²) < 4.78 is 3.31. The zero-order valence-corrected chi connectivity index (χ0v) is 16.1. The Kier molecular flexibility index (Phi) is 4.46. The van der Waals surface area contributed by atoms with E-state index < -0.39 is 0 Å². The van der Waals surface area contributed by atoms with Crippen LogP contribution in [-0.2, 0) is 11.8 Å². The summed E-state index contributed by atoms with van der Waals surface area (Å²) in [5, 5.41) is 14.5. The summed E-state index contributed by atoms with van der Waals surface area (Å²) in [6, 6.07) is 7.65. The molecule has 0 bridgehead atoms. The molecule has 144 valence electrons. The standard InChI is InChI=1S/C20H22N6O2/c1-12-10-22-26(11-12)20-17(13(2)24-25(20)3)19(28)21-9-8-15-14-6-4-5-7-16(14)23-18(15)27/h4-7,10-11,15H,8-9H2,1-3H3,(H,21,28)(H,23,27). The first-order chi connectivity index (χ1) is 13.5. The van der Waals surface area contributed by atoms with Gasteiger partial charge in [0.1, 0.15) is 5.56 Å². The molecule has 0 spiro atoms. The van der Waals surface area contributed by atoms with E-state index in [4.69, 9.17) is 0 Å². The number of rotatable bonds is 5. The van der Waals surface area contributed by atoms with Crippen molar-refractivity contribution >= 4 is 17.5 Å². The maximum atomic E-state index is 12.9. The molecule has 1 aliphatic rings. The fraction of sp³-hybridized carbons (Fsp3) is 0.300. The van der Waals surface area contributed by atoms with Gasteiger partial charge in [-0.25, -0.2) is 9.36 Å². The van der Waals surface area contributed by atoms with Crippen molar-refractivity contribution in [2.45, 2.75) is 26.2 Å². The Balaban J connectivity index is 1.49. The molecule has 8 heteroatoms. The lowest BCUT2D eigenvalue weighted by molar-refractivity contribution is -0.117. The van der Waals surface area contributed by atoms with Gasteiger partial charge in [0, 0.05) is 25.5 Å². The molecule has 0 aliphatic carbocycles. The van der Waals surface area contributed by atoms with E-state index in [1.807, 2.05) is 37.4 Å². The number of carbonyl (C=O) groups excluding carboxylic acids is 2. The van der Waals surface area contributed by atoms with E-state index >= 15 is 0 Å². The second-order valence-corrected chi connectivity index (χ2v) is 7.04. The van der Waals surface area contributed by atoms with Crippen LogP contribution in [0.15, 0.2) is 36.7 Å². The summed E-state index contributed by atoms with van der Waals surface area (Å²) >= 11 is 0. The Morgan fingerprint density at radius 1 is 1.29 bits per heavy atom. The number of amides is 2. The van der Waals surface area contributed by atoms with E-state index in [2.05, 4.69) is 20.8 Å². The normalized spacial score (nSPS) is 15.4. The number of aryl methyl sites for hydroxylation is 3. The van der Waals surface area contributed by atoms with Crippen LogP contribution in [0.25, 0.3) is 5.82 Å². The van der Waals surface area contributed by atoms with Crippen LogP contribution >= 0.6 is 0 Å². The summed E-state index contributed by atoms with van der Waals surface area (Å²) in [7, 11) is 1.79. The SMILES string of the molecule is Cc1cnn(-c2c(C(=O)NCCC3C(=O)Nc4ccccc43)c(C)nn2C)c1. The third-order valence-electron chi connectivity index (χ3n) is 4.98. The minimum Gasteiger partial charge on any atom is -0.352 e. The van der Waals surface area contributed by atoms with Crippen LogP contribution in [-0.4, -0.2) is 37.9 Å². The van der Waals surface area contributed by atoms with Crippen LogP contribution in [0.1, 0.15) is 39.5 Å². The molecule has 1 unspecified atom stereocenters. The molecule has 8 nitrogen and oxygen atoms in total. The number of hydrogen-bond donors (Lipinski definition) is 2. The van der Waals surface area contributed by atoms with Crippen LogP contribution in [0.4, 0.5) is 5.69 Å². The predicted octanol–water partition coefficient (Wildman–Crippen LogP) is 2.08. The molecule has 0 saturated carbocycles. The minimum atomic E-state index is -0.250. The average molecular weight is 378 g/mol. The van der Waals surface area contributed by atoms with Crippen molar-refractivity contribution in [1.29, 1.82) is 0 Å². The largest absolute Gasteiger partial charge is 0.352 e. The number of nitrogens with one attached hydrogen (secondary N) is 2. The molecular formula is C20H22N6O2. The van der Waals surface area contributed by atoms with Crippen LogP contribution in [0, 0.1) is 13.8 Å². The van der Waals surface area contributed by atoms with Crippen molar-refractivity contribution in [2.24, 2.45) is 7.05 Å². The van der Waals surface area contributed by atoms with E-state index in [0.29, 0.717) is 30.0 Å². The van der Waals surface area contributed by atoms with E-state index in [0.717, 1.165) is 16.8 Å². The number of fused-ring (bicyclic) bond motifs is 1. The van der Waals surface area contributed by atoms with Crippen molar-refractivity contribution in [3.8, 4) is 5.82 Å². The number of para-hydroxylation sites is 1. The number of anilines is 1. The Hall–Kier alpha value is -3.42. The molecule has 0 radical (unpaired) electrons. The molecule has 0 fully saturated rings. The highest BCUT2D eigenvalue weighted by molar-refractivity contribution is 6.03. The summed E-state index contributed by atoms with van der Waals surface area (Å²) in [4.78, 5) is 25.1. The molecule has 2 amide bonds. The highest BCUT2D eigenvalue weighted by Crippen LogP contribution is 2.33. The maximum Gasteiger partial charge on any atom is 0.257 e.